The van der Waals surface area contributed by atoms with Gasteiger partial charge in [-0.1, -0.05) is 28.9 Å². The van der Waals surface area contributed by atoms with E-state index in [-0.39, 0.29) is 5.54 Å². The molecule has 2 nitrogen and oxygen atoms in total. The van der Waals surface area contributed by atoms with Gasteiger partial charge in [-0.15, -0.1) is 0 Å². The Labute approximate surface area is 107 Å². The quantitative estimate of drug-likeness (QED) is 0.856. The van der Waals surface area contributed by atoms with E-state index in [9.17, 15) is 0 Å². The second-order valence-electron chi connectivity index (χ2n) is 4.83. The third-order valence-electron chi connectivity index (χ3n) is 3.45. The van der Waals surface area contributed by atoms with Gasteiger partial charge in [-0.3, -0.25) is 4.90 Å². The number of hydrogen-bond acceptors (Lipinski definition) is 2. The summed E-state index contributed by atoms with van der Waals surface area (Å²) in [4.78, 5) is 2.34. The molecule has 90 valence electrons. The summed E-state index contributed by atoms with van der Waals surface area (Å²) in [5.41, 5.74) is 8.22. The third-order valence-corrected chi connectivity index (χ3v) is 4.19. The first-order valence-electron chi connectivity index (χ1n) is 5.62. The first kappa shape index (κ1) is 13.5. The van der Waals surface area contributed by atoms with Crippen molar-refractivity contribution < 1.29 is 0 Å². The van der Waals surface area contributed by atoms with Gasteiger partial charge in [-0.25, -0.2) is 0 Å². The first-order chi connectivity index (χ1) is 7.38. The number of nitrogen functional groups attached to an aromatic ring is 1. The molecule has 0 unspecified atom stereocenters. The lowest BCUT2D eigenvalue weighted by atomic mass is 9.99. The zero-order valence-corrected chi connectivity index (χ0v) is 12.1. The van der Waals surface area contributed by atoms with Crippen molar-refractivity contribution in [1.82, 2.24) is 4.90 Å². The first-order valence-corrected chi connectivity index (χ1v) is 6.42. The molecule has 0 aromatic heterocycles. The molecule has 0 bridgehead atoms. The highest BCUT2D eigenvalue weighted by Gasteiger charge is 2.22. The summed E-state index contributed by atoms with van der Waals surface area (Å²) < 4.78 is 1.09. The number of anilines is 1. The summed E-state index contributed by atoms with van der Waals surface area (Å²) in [5, 5.41) is 0. The summed E-state index contributed by atoms with van der Waals surface area (Å²) in [5.74, 6) is 0. The van der Waals surface area contributed by atoms with E-state index in [2.05, 4.69) is 48.6 Å². The van der Waals surface area contributed by atoms with Crippen LogP contribution in [0.2, 0.25) is 0 Å². The Bertz CT molecular complexity index is 341. The minimum absolute atomic E-state index is 0.196. The molecule has 0 aliphatic rings. The maximum atomic E-state index is 6.00. The number of nitrogens with zero attached hydrogens (tertiary/aromatic N) is 1. The van der Waals surface area contributed by atoms with Gasteiger partial charge in [0.15, 0.2) is 0 Å². The van der Waals surface area contributed by atoms with E-state index in [1.165, 1.54) is 5.56 Å². The van der Waals surface area contributed by atoms with Crippen LogP contribution in [0.1, 0.15) is 32.8 Å². The van der Waals surface area contributed by atoms with E-state index in [1.807, 2.05) is 18.2 Å². The van der Waals surface area contributed by atoms with Crippen LogP contribution in [0.5, 0.6) is 0 Å². The standard InChI is InChI=1S/C13H21BrN2/c1-5-13(2,3)16(4)9-10-11(14)7-6-8-12(10)15/h6-8H,5,9,15H2,1-4H3. The lowest BCUT2D eigenvalue weighted by molar-refractivity contribution is 0.143. The summed E-state index contributed by atoms with van der Waals surface area (Å²) in [6.07, 6.45) is 1.12. The molecule has 0 radical (unpaired) electrons. The van der Waals surface area contributed by atoms with E-state index in [0.29, 0.717) is 0 Å². The molecule has 0 amide bonds. The number of benzene rings is 1. The lowest BCUT2D eigenvalue weighted by Gasteiger charge is -2.35. The van der Waals surface area contributed by atoms with Crippen LogP contribution >= 0.6 is 15.9 Å². The molecule has 0 atom stereocenters. The average Bonchev–Trinajstić information content (AvgIpc) is 2.23. The molecular formula is C13H21BrN2. The molecule has 0 spiro atoms. The minimum atomic E-state index is 0.196. The molecule has 1 aromatic rings. The van der Waals surface area contributed by atoms with Crippen molar-refractivity contribution in [2.45, 2.75) is 39.3 Å². The highest BCUT2D eigenvalue weighted by Crippen LogP contribution is 2.27. The fraction of sp³-hybridized carbons (Fsp3) is 0.538. The highest BCUT2D eigenvalue weighted by molar-refractivity contribution is 9.10. The van der Waals surface area contributed by atoms with Crippen molar-refractivity contribution in [2.24, 2.45) is 0 Å². The maximum Gasteiger partial charge on any atom is 0.0371 e. The van der Waals surface area contributed by atoms with Gasteiger partial charge in [0, 0.05) is 27.8 Å². The molecule has 0 saturated heterocycles. The number of halogens is 1. The normalized spacial score (nSPS) is 12.1. The number of nitrogens with two attached hydrogens (primary N) is 1. The van der Waals surface area contributed by atoms with Crippen molar-refractivity contribution in [2.75, 3.05) is 12.8 Å². The fourth-order valence-corrected chi connectivity index (χ4v) is 1.97. The van der Waals surface area contributed by atoms with Crippen LogP contribution < -0.4 is 5.73 Å². The smallest absolute Gasteiger partial charge is 0.0371 e. The predicted octanol–water partition coefficient (Wildman–Crippen LogP) is 3.65. The molecule has 1 aromatic carbocycles. The minimum Gasteiger partial charge on any atom is -0.398 e. The Kier molecular flexibility index (Phi) is 4.39. The second-order valence-corrected chi connectivity index (χ2v) is 5.68. The number of hydrogen-bond donors (Lipinski definition) is 1. The van der Waals surface area contributed by atoms with E-state index in [1.54, 1.807) is 0 Å². The van der Waals surface area contributed by atoms with Gasteiger partial charge in [0.2, 0.25) is 0 Å². The monoisotopic (exact) mass is 284 g/mol. The van der Waals surface area contributed by atoms with Crippen molar-refractivity contribution in [3.05, 3.63) is 28.2 Å². The molecule has 16 heavy (non-hydrogen) atoms. The molecule has 1 rings (SSSR count). The van der Waals surface area contributed by atoms with E-state index < -0.39 is 0 Å². The molecule has 0 heterocycles. The zero-order chi connectivity index (χ0) is 12.3. The van der Waals surface area contributed by atoms with Crippen LogP contribution in [0.15, 0.2) is 22.7 Å². The van der Waals surface area contributed by atoms with Gasteiger partial charge in [0.05, 0.1) is 0 Å². The van der Waals surface area contributed by atoms with Crippen LogP contribution in [0.3, 0.4) is 0 Å². The fourth-order valence-electron chi connectivity index (χ4n) is 1.46. The van der Waals surface area contributed by atoms with E-state index in [0.717, 1.165) is 23.1 Å². The summed E-state index contributed by atoms with van der Waals surface area (Å²) in [6.45, 7) is 7.58. The Balaban J connectivity index is 2.89. The predicted molar refractivity (Wildman–Crippen MR) is 74.4 cm³/mol. The van der Waals surface area contributed by atoms with Gasteiger partial charge in [-0.2, -0.15) is 0 Å². The molecule has 0 saturated carbocycles. The highest BCUT2D eigenvalue weighted by atomic mass is 79.9. The molecular weight excluding hydrogens is 264 g/mol. The van der Waals surface area contributed by atoms with Crippen molar-refractivity contribution >= 4 is 21.6 Å². The van der Waals surface area contributed by atoms with Crippen LogP contribution in [-0.4, -0.2) is 17.5 Å². The third kappa shape index (κ3) is 2.98. The average molecular weight is 285 g/mol. The van der Waals surface area contributed by atoms with Gasteiger partial charge in [0.25, 0.3) is 0 Å². The van der Waals surface area contributed by atoms with Crippen LogP contribution in [0.4, 0.5) is 5.69 Å². The Morgan fingerprint density at radius 2 is 2.00 bits per heavy atom. The second kappa shape index (κ2) is 5.19. The largest absolute Gasteiger partial charge is 0.398 e. The summed E-state index contributed by atoms with van der Waals surface area (Å²) in [7, 11) is 2.14. The maximum absolute atomic E-state index is 6.00. The SMILES string of the molecule is CCC(C)(C)N(C)Cc1c(N)cccc1Br. The molecule has 0 aliphatic heterocycles. The zero-order valence-electron chi connectivity index (χ0n) is 10.5. The Morgan fingerprint density at radius 1 is 1.38 bits per heavy atom. The Hall–Kier alpha value is -0.540. The number of rotatable bonds is 4. The van der Waals surface area contributed by atoms with Crippen molar-refractivity contribution in [3.8, 4) is 0 Å². The molecule has 0 fully saturated rings. The summed E-state index contributed by atoms with van der Waals surface area (Å²) in [6, 6.07) is 5.96. The van der Waals surface area contributed by atoms with E-state index in [4.69, 9.17) is 5.73 Å². The molecule has 2 N–H and O–H groups in total. The molecule has 3 heteroatoms. The van der Waals surface area contributed by atoms with Crippen molar-refractivity contribution in [3.63, 3.8) is 0 Å². The Morgan fingerprint density at radius 3 is 2.50 bits per heavy atom. The lowest BCUT2D eigenvalue weighted by Crippen LogP contribution is -2.40. The molecule has 0 aliphatic carbocycles. The van der Waals surface area contributed by atoms with Crippen LogP contribution in [0, 0.1) is 0 Å². The van der Waals surface area contributed by atoms with Crippen LogP contribution in [-0.2, 0) is 6.54 Å². The van der Waals surface area contributed by atoms with E-state index >= 15 is 0 Å². The van der Waals surface area contributed by atoms with Crippen LogP contribution in [0.25, 0.3) is 0 Å². The van der Waals surface area contributed by atoms with Gasteiger partial charge >= 0.3 is 0 Å². The van der Waals surface area contributed by atoms with Gasteiger partial charge in [-0.05, 0) is 39.4 Å². The summed E-state index contributed by atoms with van der Waals surface area (Å²) >= 11 is 3.56. The topological polar surface area (TPSA) is 29.3 Å². The van der Waals surface area contributed by atoms with Gasteiger partial charge < -0.3 is 5.73 Å². The van der Waals surface area contributed by atoms with Crippen molar-refractivity contribution in [1.29, 1.82) is 0 Å². The van der Waals surface area contributed by atoms with Gasteiger partial charge in [0.1, 0.15) is 0 Å².